The van der Waals surface area contributed by atoms with Crippen molar-refractivity contribution in [2.75, 3.05) is 0 Å². The second-order valence-electron chi connectivity index (χ2n) is 5.88. The molecule has 0 aliphatic carbocycles. The molecule has 5 heteroatoms. The number of nitrogens with two attached hydrogens (primary N) is 1. The summed E-state index contributed by atoms with van der Waals surface area (Å²) in [4.78, 5) is 12.2. The lowest BCUT2D eigenvalue weighted by molar-refractivity contribution is 0.00683. The third kappa shape index (κ3) is 4.16. The van der Waals surface area contributed by atoms with Gasteiger partial charge in [0.2, 0.25) is 0 Å². The van der Waals surface area contributed by atoms with Crippen LogP contribution < -0.4 is 5.73 Å². The molecule has 2 aromatic rings. The van der Waals surface area contributed by atoms with Crippen LogP contribution in [0.15, 0.2) is 36.5 Å². The number of esters is 1. The Morgan fingerprint density at radius 3 is 2.52 bits per heavy atom. The number of hydrogen-bond donors (Lipinski definition) is 1. The molecule has 21 heavy (non-hydrogen) atoms. The number of ether oxygens (including phenoxy) is 1. The first kappa shape index (κ1) is 15.3. The van der Waals surface area contributed by atoms with Gasteiger partial charge in [-0.3, -0.25) is 4.68 Å². The maximum atomic E-state index is 12.2. The van der Waals surface area contributed by atoms with Crippen LogP contribution >= 0.6 is 0 Å². The molecular weight excluding hydrogens is 266 g/mol. The van der Waals surface area contributed by atoms with Crippen molar-refractivity contribution in [2.45, 2.75) is 39.5 Å². The SMILES string of the molecule is CC(C)(C)OC(=O)c1cn(Cc2ccccc2)nc1CN. The molecule has 112 valence electrons. The van der Waals surface area contributed by atoms with Gasteiger partial charge in [0.05, 0.1) is 12.2 Å². The number of rotatable bonds is 4. The highest BCUT2D eigenvalue weighted by Gasteiger charge is 2.22. The van der Waals surface area contributed by atoms with E-state index in [2.05, 4.69) is 5.10 Å². The van der Waals surface area contributed by atoms with E-state index >= 15 is 0 Å². The van der Waals surface area contributed by atoms with Crippen molar-refractivity contribution in [1.29, 1.82) is 0 Å². The first-order valence-electron chi connectivity index (χ1n) is 6.93. The summed E-state index contributed by atoms with van der Waals surface area (Å²) in [7, 11) is 0. The lowest BCUT2D eigenvalue weighted by Crippen LogP contribution is -2.24. The van der Waals surface area contributed by atoms with Crippen molar-refractivity contribution >= 4 is 5.97 Å². The predicted octanol–water partition coefficient (Wildman–Crippen LogP) is 2.35. The fourth-order valence-electron chi connectivity index (χ4n) is 1.97. The van der Waals surface area contributed by atoms with E-state index in [1.54, 1.807) is 10.9 Å². The topological polar surface area (TPSA) is 70.1 Å². The van der Waals surface area contributed by atoms with E-state index in [0.717, 1.165) is 5.56 Å². The highest BCUT2D eigenvalue weighted by atomic mass is 16.6. The molecule has 0 aliphatic rings. The van der Waals surface area contributed by atoms with E-state index in [1.807, 2.05) is 51.1 Å². The van der Waals surface area contributed by atoms with Gasteiger partial charge in [0, 0.05) is 12.7 Å². The van der Waals surface area contributed by atoms with Crippen molar-refractivity contribution in [3.63, 3.8) is 0 Å². The van der Waals surface area contributed by atoms with E-state index < -0.39 is 5.60 Å². The lowest BCUT2D eigenvalue weighted by Gasteiger charge is -2.19. The van der Waals surface area contributed by atoms with Crippen molar-refractivity contribution in [3.8, 4) is 0 Å². The highest BCUT2D eigenvalue weighted by Crippen LogP contribution is 2.15. The average molecular weight is 287 g/mol. The first-order chi connectivity index (χ1) is 9.89. The molecule has 2 rings (SSSR count). The molecule has 0 saturated carbocycles. The van der Waals surface area contributed by atoms with Gasteiger partial charge in [0.15, 0.2) is 0 Å². The van der Waals surface area contributed by atoms with Gasteiger partial charge in [-0.15, -0.1) is 0 Å². The van der Waals surface area contributed by atoms with Crippen LogP contribution in [0.2, 0.25) is 0 Å². The van der Waals surface area contributed by atoms with E-state index in [1.165, 1.54) is 0 Å². The van der Waals surface area contributed by atoms with Gasteiger partial charge in [-0.05, 0) is 26.3 Å². The Morgan fingerprint density at radius 1 is 1.29 bits per heavy atom. The molecule has 0 fully saturated rings. The molecule has 0 bridgehead atoms. The maximum absolute atomic E-state index is 12.2. The quantitative estimate of drug-likeness (QED) is 0.876. The second kappa shape index (κ2) is 6.10. The molecule has 0 atom stereocenters. The maximum Gasteiger partial charge on any atom is 0.342 e. The zero-order chi connectivity index (χ0) is 15.5. The Kier molecular flexibility index (Phi) is 4.43. The summed E-state index contributed by atoms with van der Waals surface area (Å²) < 4.78 is 7.10. The molecule has 5 nitrogen and oxygen atoms in total. The van der Waals surface area contributed by atoms with Crippen LogP contribution in [0.5, 0.6) is 0 Å². The second-order valence-corrected chi connectivity index (χ2v) is 5.88. The Morgan fingerprint density at radius 2 is 1.95 bits per heavy atom. The molecule has 0 spiro atoms. The Balaban J connectivity index is 2.21. The summed E-state index contributed by atoms with van der Waals surface area (Å²) >= 11 is 0. The summed E-state index contributed by atoms with van der Waals surface area (Å²) in [6, 6.07) is 9.92. The number of carbonyl (C=O) groups excluding carboxylic acids is 1. The van der Waals surface area contributed by atoms with Crippen molar-refractivity contribution < 1.29 is 9.53 Å². The first-order valence-corrected chi connectivity index (χ1v) is 6.93. The molecule has 1 aromatic heterocycles. The number of aromatic nitrogens is 2. The van der Waals surface area contributed by atoms with Crippen LogP contribution in [0.4, 0.5) is 0 Å². The number of hydrogen-bond acceptors (Lipinski definition) is 4. The van der Waals surface area contributed by atoms with E-state index in [9.17, 15) is 4.79 Å². The highest BCUT2D eigenvalue weighted by molar-refractivity contribution is 5.90. The monoisotopic (exact) mass is 287 g/mol. The van der Waals surface area contributed by atoms with Gasteiger partial charge in [0.1, 0.15) is 11.2 Å². The molecule has 0 saturated heterocycles. The molecule has 1 heterocycles. The van der Waals surface area contributed by atoms with Crippen molar-refractivity contribution in [3.05, 3.63) is 53.3 Å². The zero-order valence-electron chi connectivity index (χ0n) is 12.7. The summed E-state index contributed by atoms with van der Waals surface area (Å²) in [6.07, 6.45) is 1.70. The van der Waals surface area contributed by atoms with Gasteiger partial charge < -0.3 is 10.5 Å². The van der Waals surface area contributed by atoms with Gasteiger partial charge in [-0.1, -0.05) is 30.3 Å². The predicted molar refractivity (Wildman–Crippen MR) is 80.8 cm³/mol. The summed E-state index contributed by atoms with van der Waals surface area (Å²) in [5.41, 5.74) is 7.24. The molecule has 0 amide bonds. The summed E-state index contributed by atoms with van der Waals surface area (Å²) in [5, 5.41) is 4.37. The van der Waals surface area contributed by atoms with Gasteiger partial charge in [0.25, 0.3) is 0 Å². The minimum absolute atomic E-state index is 0.205. The Bertz CT molecular complexity index is 612. The van der Waals surface area contributed by atoms with E-state index in [0.29, 0.717) is 17.8 Å². The third-order valence-electron chi connectivity index (χ3n) is 2.84. The number of nitrogens with zero attached hydrogens (tertiary/aromatic N) is 2. The fourth-order valence-corrected chi connectivity index (χ4v) is 1.97. The van der Waals surface area contributed by atoms with E-state index in [-0.39, 0.29) is 12.5 Å². The standard InChI is InChI=1S/C16H21N3O2/c1-16(2,3)21-15(20)13-11-19(18-14(13)9-17)10-12-7-5-4-6-8-12/h4-8,11H,9-10,17H2,1-3H3. The average Bonchev–Trinajstić information content (AvgIpc) is 2.81. The smallest absolute Gasteiger partial charge is 0.342 e. The van der Waals surface area contributed by atoms with Crippen LogP contribution in [0.1, 0.15) is 42.4 Å². The van der Waals surface area contributed by atoms with Crippen LogP contribution in [0, 0.1) is 0 Å². The van der Waals surface area contributed by atoms with E-state index in [4.69, 9.17) is 10.5 Å². The van der Waals surface area contributed by atoms with Crippen LogP contribution in [0.25, 0.3) is 0 Å². The molecule has 0 radical (unpaired) electrons. The van der Waals surface area contributed by atoms with Gasteiger partial charge in [-0.2, -0.15) is 5.10 Å². The van der Waals surface area contributed by atoms with Gasteiger partial charge in [-0.25, -0.2) is 4.79 Å². The van der Waals surface area contributed by atoms with Crippen LogP contribution in [0.3, 0.4) is 0 Å². The minimum atomic E-state index is -0.537. The molecule has 0 unspecified atom stereocenters. The number of carbonyl (C=O) groups is 1. The normalized spacial score (nSPS) is 11.4. The molecular formula is C16H21N3O2. The lowest BCUT2D eigenvalue weighted by atomic mass is 10.2. The zero-order valence-corrected chi connectivity index (χ0v) is 12.7. The van der Waals surface area contributed by atoms with Gasteiger partial charge >= 0.3 is 5.97 Å². The Labute approximate surface area is 124 Å². The third-order valence-corrected chi connectivity index (χ3v) is 2.84. The number of benzene rings is 1. The molecule has 1 aromatic carbocycles. The minimum Gasteiger partial charge on any atom is -0.456 e. The largest absolute Gasteiger partial charge is 0.456 e. The summed E-state index contributed by atoms with van der Waals surface area (Å²) in [6.45, 7) is 6.30. The molecule has 2 N–H and O–H groups in total. The Hall–Kier alpha value is -2.14. The van der Waals surface area contributed by atoms with Crippen LogP contribution in [-0.4, -0.2) is 21.4 Å². The van der Waals surface area contributed by atoms with Crippen molar-refractivity contribution in [1.82, 2.24) is 9.78 Å². The summed E-state index contributed by atoms with van der Waals surface area (Å²) in [5.74, 6) is -0.387. The fraction of sp³-hybridized carbons (Fsp3) is 0.375. The van der Waals surface area contributed by atoms with Crippen LogP contribution in [-0.2, 0) is 17.8 Å². The molecule has 0 aliphatic heterocycles. The van der Waals surface area contributed by atoms with Crippen molar-refractivity contribution in [2.24, 2.45) is 5.73 Å².